The fourth-order valence-electron chi connectivity index (χ4n) is 2.09. The molecular weight excluding hydrogens is 204 g/mol. The Morgan fingerprint density at radius 3 is 2.47 bits per heavy atom. The van der Waals surface area contributed by atoms with Crippen LogP contribution in [0.2, 0.25) is 0 Å². The third kappa shape index (κ3) is 2.43. The van der Waals surface area contributed by atoms with Crippen LogP contribution in [0.5, 0.6) is 0 Å². The first kappa shape index (κ1) is 10.7. The van der Waals surface area contributed by atoms with Crippen molar-refractivity contribution in [2.75, 3.05) is 11.5 Å². The molecule has 2 rings (SSSR count). The smallest absolute Gasteiger partial charge is 0.166 e. The van der Waals surface area contributed by atoms with Crippen LogP contribution in [0.15, 0.2) is 18.2 Å². The summed E-state index contributed by atoms with van der Waals surface area (Å²) in [5.41, 5.74) is 3.27. The molecular formula is C13H16OS. The Kier molecular flexibility index (Phi) is 3.15. The van der Waals surface area contributed by atoms with Gasteiger partial charge >= 0.3 is 0 Å². The van der Waals surface area contributed by atoms with Gasteiger partial charge in [-0.1, -0.05) is 17.2 Å². The lowest BCUT2D eigenvalue weighted by Gasteiger charge is -2.08. The first-order chi connectivity index (χ1) is 7.16. The molecule has 1 atom stereocenters. The van der Waals surface area contributed by atoms with Gasteiger partial charge in [-0.05, 0) is 38.2 Å². The van der Waals surface area contributed by atoms with Gasteiger partial charge in [0.25, 0.3) is 0 Å². The predicted octanol–water partition coefficient (Wildman–Crippen LogP) is 3.24. The molecule has 1 aromatic rings. The van der Waals surface area contributed by atoms with Gasteiger partial charge < -0.3 is 0 Å². The molecule has 1 unspecified atom stereocenters. The zero-order valence-corrected chi connectivity index (χ0v) is 10.1. The number of rotatable bonds is 2. The van der Waals surface area contributed by atoms with Crippen molar-refractivity contribution in [3.63, 3.8) is 0 Å². The molecule has 1 aliphatic rings. The highest BCUT2D eigenvalue weighted by Crippen LogP contribution is 2.27. The Balaban J connectivity index is 2.24. The van der Waals surface area contributed by atoms with Crippen molar-refractivity contribution >= 4 is 17.5 Å². The fourth-order valence-corrected chi connectivity index (χ4v) is 3.31. The van der Waals surface area contributed by atoms with Crippen LogP contribution in [0.3, 0.4) is 0 Å². The van der Waals surface area contributed by atoms with Crippen LogP contribution in [-0.2, 0) is 0 Å². The second-order valence-corrected chi connectivity index (χ2v) is 5.45. The Labute approximate surface area is 95.3 Å². The van der Waals surface area contributed by atoms with E-state index in [9.17, 15) is 4.79 Å². The third-order valence-electron chi connectivity index (χ3n) is 2.81. The molecule has 0 bridgehead atoms. The summed E-state index contributed by atoms with van der Waals surface area (Å²) in [5, 5.41) is 0. The Hall–Kier alpha value is -0.760. The first-order valence-electron chi connectivity index (χ1n) is 5.37. The number of benzene rings is 1. The highest BCUT2D eigenvalue weighted by Gasteiger charge is 2.24. The van der Waals surface area contributed by atoms with Gasteiger partial charge in [0.1, 0.15) is 0 Å². The predicted molar refractivity (Wildman–Crippen MR) is 65.7 cm³/mol. The van der Waals surface area contributed by atoms with Crippen molar-refractivity contribution in [3.8, 4) is 0 Å². The van der Waals surface area contributed by atoms with E-state index in [0.717, 1.165) is 23.5 Å². The largest absolute Gasteiger partial charge is 0.294 e. The highest BCUT2D eigenvalue weighted by molar-refractivity contribution is 7.99. The average Bonchev–Trinajstić information content (AvgIpc) is 2.67. The molecule has 1 fully saturated rings. The van der Waals surface area contributed by atoms with Gasteiger partial charge in [-0.25, -0.2) is 0 Å². The quantitative estimate of drug-likeness (QED) is 0.712. The molecule has 15 heavy (non-hydrogen) atoms. The molecule has 0 aliphatic carbocycles. The molecule has 0 amide bonds. The summed E-state index contributed by atoms with van der Waals surface area (Å²) in [6.45, 7) is 4.10. The average molecular weight is 220 g/mol. The van der Waals surface area contributed by atoms with E-state index in [1.54, 1.807) is 0 Å². The van der Waals surface area contributed by atoms with Crippen molar-refractivity contribution < 1.29 is 4.79 Å². The molecule has 0 radical (unpaired) electrons. The van der Waals surface area contributed by atoms with Gasteiger partial charge in [0.2, 0.25) is 0 Å². The highest BCUT2D eigenvalue weighted by atomic mass is 32.2. The minimum atomic E-state index is 0.260. The van der Waals surface area contributed by atoms with Crippen molar-refractivity contribution in [2.24, 2.45) is 5.92 Å². The van der Waals surface area contributed by atoms with E-state index in [0.29, 0.717) is 5.78 Å². The van der Waals surface area contributed by atoms with Gasteiger partial charge in [0, 0.05) is 17.2 Å². The van der Waals surface area contributed by atoms with E-state index in [1.807, 2.05) is 37.7 Å². The number of carbonyl (C=O) groups is 1. The van der Waals surface area contributed by atoms with Crippen LogP contribution in [0.1, 0.15) is 27.9 Å². The third-order valence-corrected chi connectivity index (χ3v) is 3.97. The van der Waals surface area contributed by atoms with E-state index in [1.165, 1.54) is 11.1 Å². The summed E-state index contributed by atoms with van der Waals surface area (Å²) in [4.78, 5) is 12.1. The zero-order valence-electron chi connectivity index (χ0n) is 9.25. The second-order valence-electron chi connectivity index (χ2n) is 4.30. The van der Waals surface area contributed by atoms with E-state index < -0.39 is 0 Å². The van der Waals surface area contributed by atoms with Crippen LogP contribution in [0.4, 0.5) is 0 Å². The van der Waals surface area contributed by atoms with E-state index in [-0.39, 0.29) is 5.92 Å². The van der Waals surface area contributed by atoms with Gasteiger partial charge in [0.05, 0.1) is 0 Å². The summed E-state index contributed by atoms with van der Waals surface area (Å²) in [6.07, 6.45) is 1.05. The fraction of sp³-hybridized carbons (Fsp3) is 0.462. The summed E-state index contributed by atoms with van der Waals surface area (Å²) in [6, 6.07) is 6.14. The number of ketones is 1. The SMILES string of the molecule is Cc1cc(C)cc(C(=O)C2CCSC2)c1. The minimum Gasteiger partial charge on any atom is -0.294 e. The lowest BCUT2D eigenvalue weighted by atomic mass is 9.95. The van der Waals surface area contributed by atoms with Gasteiger partial charge in [-0.2, -0.15) is 11.8 Å². The molecule has 1 nitrogen and oxygen atoms in total. The lowest BCUT2D eigenvalue weighted by Crippen LogP contribution is -2.14. The Morgan fingerprint density at radius 1 is 1.27 bits per heavy atom. The van der Waals surface area contributed by atoms with Crippen LogP contribution in [0.25, 0.3) is 0 Å². The monoisotopic (exact) mass is 220 g/mol. The number of hydrogen-bond acceptors (Lipinski definition) is 2. The Bertz CT molecular complexity index is 358. The van der Waals surface area contributed by atoms with Crippen LogP contribution in [-0.4, -0.2) is 17.3 Å². The Morgan fingerprint density at radius 2 is 1.93 bits per heavy atom. The van der Waals surface area contributed by atoms with Gasteiger partial charge in [0.15, 0.2) is 5.78 Å². The number of aryl methyl sites for hydroxylation is 2. The molecule has 1 aromatic carbocycles. The van der Waals surface area contributed by atoms with Crippen LogP contribution < -0.4 is 0 Å². The summed E-state index contributed by atoms with van der Waals surface area (Å²) >= 11 is 1.89. The van der Waals surface area contributed by atoms with Gasteiger partial charge in [-0.3, -0.25) is 4.79 Å². The minimum absolute atomic E-state index is 0.260. The second kappa shape index (κ2) is 4.40. The normalized spacial score (nSPS) is 20.5. The maximum Gasteiger partial charge on any atom is 0.166 e. The van der Waals surface area contributed by atoms with Gasteiger partial charge in [-0.15, -0.1) is 0 Å². The maximum absolute atomic E-state index is 12.1. The molecule has 80 valence electrons. The standard InChI is InChI=1S/C13H16OS/c1-9-5-10(2)7-12(6-9)13(14)11-3-4-15-8-11/h5-7,11H,3-4,8H2,1-2H3. The van der Waals surface area contributed by atoms with Crippen molar-refractivity contribution in [1.82, 2.24) is 0 Å². The molecule has 2 heteroatoms. The molecule has 0 aromatic heterocycles. The topological polar surface area (TPSA) is 17.1 Å². The maximum atomic E-state index is 12.1. The van der Waals surface area contributed by atoms with Crippen molar-refractivity contribution in [1.29, 1.82) is 0 Å². The number of carbonyl (C=O) groups excluding carboxylic acids is 1. The zero-order chi connectivity index (χ0) is 10.8. The first-order valence-corrected chi connectivity index (χ1v) is 6.52. The summed E-state index contributed by atoms with van der Waals surface area (Å²) in [7, 11) is 0. The van der Waals surface area contributed by atoms with Crippen molar-refractivity contribution in [2.45, 2.75) is 20.3 Å². The molecule has 1 aliphatic heterocycles. The molecule has 0 saturated carbocycles. The van der Waals surface area contributed by atoms with E-state index in [2.05, 4.69) is 6.07 Å². The molecule has 0 spiro atoms. The molecule has 1 saturated heterocycles. The number of Topliss-reactive ketones (excluding diaryl/α,β-unsaturated/α-hetero) is 1. The summed E-state index contributed by atoms with van der Waals surface area (Å²) in [5.74, 6) is 2.75. The van der Waals surface area contributed by atoms with Crippen LogP contribution in [0, 0.1) is 19.8 Å². The van der Waals surface area contributed by atoms with Crippen molar-refractivity contribution in [3.05, 3.63) is 34.9 Å². The lowest BCUT2D eigenvalue weighted by molar-refractivity contribution is 0.0933. The molecule has 0 N–H and O–H groups in total. The molecule has 1 heterocycles. The van der Waals surface area contributed by atoms with E-state index >= 15 is 0 Å². The number of thioether (sulfide) groups is 1. The van der Waals surface area contributed by atoms with Crippen LogP contribution >= 0.6 is 11.8 Å². The van der Waals surface area contributed by atoms with E-state index in [4.69, 9.17) is 0 Å². The summed E-state index contributed by atoms with van der Waals surface area (Å²) < 4.78 is 0. The number of hydrogen-bond donors (Lipinski definition) is 0.